The first-order chi connectivity index (χ1) is 13.7. The number of hydrogen-bond acceptors (Lipinski definition) is 4. The lowest BCUT2D eigenvalue weighted by Gasteiger charge is -2.38. The molecule has 0 aromatic heterocycles. The summed E-state index contributed by atoms with van der Waals surface area (Å²) in [6.07, 6.45) is 2.53. The van der Waals surface area contributed by atoms with Crippen LogP contribution >= 0.6 is 24.0 Å². The Balaban J connectivity index is 0.00000300. The van der Waals surface area contributed by atoms with Gasteiger partial charge in [0.2, 0.25) is 0 Å². The maximum Gasteiger partial charge on any atom is 0.194 e. The minimum Gasteiger partial charge on any atom is -0.495 e. The molecule has 2 fully saturated rings. The number of halogens is 1. The van der Waals surface area contributed by atoms with E-state index in [0.29, 0.717) is 5.92 Å². The highest BCUT2D eigenvalue weighted by Gasteiger charge is 2.24. The van der Waals surface area contributed by atoms with E-state index in [2.05, 4.69) is 46.0 Å². The first-order valence-corrected chi connectivity index (χ1v) is 10.9. The van der Waals surface area contributed by atoms with E-state index >= 15 is 0 Å². The summed E-state index contributed by atoms with van der Waals surface area (Å²) >= 11 is 0. The van der Waals surface area contributed by atoms with Gasteiger partial charge in [0, 0.05) is 45.8 Å². The van der Waals surface area contributed by atoms with Crippen LogP contribution in [0.3, 0.4) is 0 Å². The van der Waals surface area contributed by atoms with Crippen molar-refractivity contribution >= 4 is 35.6 Å². The smallest absolute Gasteiger partial charge is 0.194 e. The fourth-order valence-corrected chi connectivity index (χ4v) is 4.27. The van der Waals surface area contributed by atoms with Crippen LogP contribution in [0.25, 0.3) is 0 Å². The number of methoxy groups -OCH3 is 1. The first kappa shape index (κ1) is 24.1. The number of piperazine rings is 1. The van der Waals surface area contributed by atoms with Gasteiger partial charge in [0.25, 0.3) is 0 Å². The van der Waals surface area contributed by atoms with Gasteiger partial charge >= 0.3 is 0 Å². The van der Waals surface area contributed by atoms with E-state index in [1.165, 1.54) is 38.2 Å². The van der Waals surface area contributed by atoms with E-state index in [9.17, 15) is 0 Å². The molecule has 2 aliphatic heterocycles. The second-order valence-electron chi connectivity index (χ2n) is 7.80. The van der Waals surface area contributed by atoms with Gasteiger partial charge in [-0.05, 0) is 50.9 Å². The highest BCUT2D eigenvalue weighted by molar-refractivity contribution is 14.0. The molecule has 0 spiro atoms. The number of nitrogens with zero attached hydrogens (tertiary/aromatic N) is 4. The zero-order valence-corrected chi connectivity index (χ0v) is 20.6. The molecule has 0 saturated carbocycles. The lowest BCUT2D eigenvalue weighted by Crippen LogP contribution is -2.52. The van der Waals surface area contributed by atoms with Crippen molar-refractivity contribution in [1.29, 1.82) is 0 Å². The number of para-hydroxylation sites is 2. The molecule has 0 radical (unpaired) electrons. The second-order valence-corrected chi connectivity index (χ2v) is 7.80. The summed E-state index contributed by atoms with van der Waals surface area (Å²) in [5, 5.41) is 3.51. The molecule has 2 saturated heterocycles. The number of rotatable bonds is 7. The summed E-state index contributed by atoms with van der Waals surface area (Å²) in [5.74, 6) is 2.74. The lowest BCUT2D eigenvalue weighted by molar-refractivity contribution is 0.325. The minimum absolute atomic E-state index is 0. The molecule has 6 nitrogen and oxygen atoms in total. The molecule has 164 valence electrons. The fourth-order valence-electron chi connectivity index (χ4n) is 4.27. The molecule has 1 aromatic carbocycles. The Morgan fingerprint density at radius 3 is 2.59 bits per heavy atom. The zero-order valence-electron chi connectivity index (χ0n) is 18.3. The monoisotopic (exact) mass is 515 g/mol. The summed E-state index contributed by atoms with van der Waals surface area (Å²) in [6.45, 7) is 13.9. The van der Waals surface area contributed by atoms with Crippen LogP contribution in [0, 0.1) is 5.92 Å². The molecule has 1 aromatic rings. The summed E-state index contributed by atoms with van der Waals surface area (Å²) in [4.78, 5) is 12.4. The summed E-state index contributed by atoms with van der Waals surface area (Å²) in [5.41, 5.74) is 1.19. The third kappa shape index (κ3) is 6.64. The number of anilines is 1. The Hall–Kier alpha value is -1.22. The number of hydrogen-bond donors (Lipinski definition) is 1. The molecule has 1 unspecified atom stereocenters. The SMILES string of the molecule is CCCN1CCC(CN=C(NCC)N2CCN(c3ccccc3OC)CC2)C1.I. The van der Waals surface area contributed by atoms with Crippen molar-refractivity contribution in [3.05, 3.63) is 24.3 Å². The standard InChI is InChI=1S/C22H37N5O.HI/c1-4-11-25-12-10-19(18-25)17-24-22(23-5-2)27-15-13-26(14-16-27)20-8-6-7-9-21(20)28-3;/h6-9,19H,4-5,10-18H2,1-3H3,(H,23,24);1H. The lowest BCUT2D eigenvalue weighted by atomic mass is 10.1. The van der Waals surface area contributed by atoms with Gasteiger partial charge in [-0.25, -0.2) is 0 Å². The number of aliphatic imine (C=N–C) groups is 1. The molecule has 0 bridgehead atoms. The van der Waals surface area contributed by atoms with Gasteiger partial charge < -0.3 is 24.8 Å². The fraction of sp³-hybridized carbons (Fsp3) is 0.682. The van der Waals surface area contributed by atoms with E-state index in [0.717, 1.165) is 51.0 Å². The topological polar surface area (TPSA) is 43.3 Å². The van der Waals surface area contributed by atoms with Crippen LogP contribution in [0.4, 0.5) is 5.69 Å². The number of ether oxygens (including phenoxy) is 1. The molecular weight excluding hydrogens is 477 g/mol. The third-order valence-electron chi connectivity index (χ3n) is 5.75. The Bertz CT molecular complexity index is 633. The summed E-state index contributed by atoms with van der Waals surface area (Å²) in [6, 6.07) is 8.30. The quantitative estimate of drug-likeness (QED) is 0.344. The Labute approximate surface area is 193 Å². The summed E-state index contributed by atoms with van der Waals surface area (Å²) < 4.78 is 5.54. The van der Waals surface area contributed by atoms with Crippen molar-refractivity contribution in [1.82, 2.24) is 15.1 Å². The number of benzene rings is 1. The zero-order chi connectivity index (χ0) is 19.8. The van der Waals surface area contributed by atoms with Crippen LogP contribution < -0.4 is 15.0 Å². The molecule has 7 heteroatoms. The van der Waals surface area contributed by atoms with Crippen molar-refractivity contribution in [2.45, 2.75) is 26.7 Å². The molecule has 0 aliphatic carbocycles. The molecule has 2 aliphatic rings. The van der Waals surface area contributed by atoms with Crippen molar-refractivity contribution in [2.24, 2.45) is 10.9 Å². The average Bonchev–Trinajstić information content (AvgIpc) is 3.19. The van der Waals surface area contributed by atoms with Crippen molar-refractivity contribution in [3.8, 4) is 5.75 Å². The predicted octanol–water partition coefficient (Wildman–Crippen LogP) is 3.13. The van der Waals surface area contributed by atoms with Crippen LogP contribution in [0.15, 0.2) is 29.3 Å². The van der Waals surface area contributed by atoms with Gasteiger partial charge in [-0.15, -0.1) is 24.0 Å². The van der Waals surface area contributed by atoms with Crippen molar-refractivity contribution in [3.63, 3.8) is 0 Å². The second kappa shape index (κ2) is 12.5. The Morgan fingerprint density at radius 1 is 1.14 bits per heavy atom. The molecule has 2 heterocycles. The van der Waals surface area contributed by atoms with E-state index in [-0.39, 0.29) is 24.0 Å². The van der Waals surface area contributed by atoms with Gasteiger partial charge in [-0.1, -0.05) is 19.1 Å². The van der Waals surface area contributed by atoms with E-state index < -0.39 is 0 Å². The normalized spacial score (nSPS) is 20.5. The number of likely N-dealkylation sites (tertiary alicyclic amines) is 1. The predicted molar refractivity (Wildman–Crippen MR) is 133 cm³/mol. The van der Waals surface area contributed by atoms with Crippen molar-refractivity contribution < 1.29 is 4.74 Å². The number of guanidine groups is 1. The first-order valence-electron chi connectivity index (χ1n) is 10.9. The van der Waals surface area contributed by atoms with Crippen LogP contribution in [-0.4, -0.2) is 81.8 Å². The molecule has 0 amide bonds. The highest BCUT2D eigenvalue weighted by atomic mass is 127. The van der Waals surface area contributed by atoms with Gasteiger partial charge in [0.1, 0.15) is 5.75 Å². The van der Waals surface area contributed by atoms with Crippen LogP contribution in [0.1, 0.15) is 26.7 Å². The highest BCUT2D eigenvalue weighted by Crippen LogP contribution is 2.28. The molecule has 3 rings (SSSR count). The molecule has 1 atom stereocenters. The van der Waals surface area contributed by atoms with Gasteiger partial charge in [-0.2, -0.15) is 0 Å². The molecular formula is C22H38IN5O. The third-order valence-corrected chi connectivity index (χ3v) is 5.75. The maximum atomic E-state index is 5.54. The van der Waals surface area contributed by atoms with Crippen LogP contribution in [0.2, 0.25) is 0 Å². The van der Waals surface area contributed by atoms with Gasteiger partial charge in [-0.3, -0.25) is 4.99 Å². The minimum atomic E-state index is 0. The largest absolute Gasteiger partial charge is 0.495 e. The summed E-state index contributed by atoms with van der Waals surface area (Å²) in [7, 11) is 1.75. The molecule has 1 N–H and O–H groups in total. The van der Waals surface area contributed by atoms with E-state index in [4.69, 9.17) is 9.73 Å². The van der Waals surface area contributed by atoms with E-state index in [1.54, 1.807) is 7.11 Å². The average molecular weight is 515 g/mol. The molecule has 29 heavy (non-hydrogen) atoms. The Morgan fingerprint density at radius 2 is 1.90 bits per heavy atom. The van der Waals surface area contributed by atoms with Crippen LogP contribution in [-0.2, 0) is 0 Å². The van der Waals surface area contributed by atoms with E-state index in [1.807, 2.05) is 12.1 Å². The van der Waals surface area contributed by atoms with Gasteiger partial charge in [0.15, 0.2) is 5.96 Å². The van der Waals surface area contributed by atoms with Crippen molar-refractivity contribution in [2.75, 3.05) is 70.9 Å². The van der Waals surface area contributed by atoms with Crippen LogP contribution in [0.5, 0.6) is 5.75 Å². The Kier molecular flexibility index (Phi) is 10.3. The maximum absolute atomic E-state index is 5.54. The number of nitrogens with one attached hydrogen (secondary N) is 1. The van der Waals surface area contributed by atoms with Gasteiger partial charge in [0.05, 0.1) is 12.8 Å².